The zero-order chi connectivity index (χ0) is 25.9. The molecule has 0 saturated heterocycles. The average molecular weight is 496 g/mol. The Balaban J connectivity index is 1.88. The molecule has 12 heteroatoms. The van der Waals surface area contributed by atoms with Crippen molar-refractivity contribution in [2.45, 2.75) is 45.8 Å². The number of aromatic nitrogens is 2. The first kappa shape index (κ1) is 25.8. The number of hydrogen-bond donors (Lipinski definition) is 3. The summed E-state index contributed by atoms with van der Waals surface area (Å²) in [5.74, 6) is -2.08. The number of halogens is 4. The van der Waals surface area contributed by atoms with E-state index < -0.39 is 55.2 Å². The normalized spacial score (nSPS) is 13.0. The minimum absolute atomic E-state index is 0.116. The molecule has 1 unspecified atom stereocenters. The number of carboxylic acid groups (broad SMARTS) is 1. The van der Waals surface area contributed by atoms with Gasteiger partial charge in [0.2, 0.25) is 12.3 Å². The fourth-order valence-electron chi connectivity index (χ4n) is 3.69. The van der Waals surface area contributed by atoms with Crippen LogP contribution in [-0.2, 0) is 6.61 Å². The van der Waals surface area contributed by atoms with Gasteiger partial charge in [-0.2, -0.15) is 9.61 Å². The zero-order valence-electron chi connectivity index (χ0n) is 19.2. The SMILES string of the molecule is Cc1cc(OCc2c(F)cccc2F)n2nc(C)c(C(=O)NCC(C)(CC(F)F)NC(=O)O)c2c1. The Hall–Kier alpha value is -3.83. The van der Waals surface area contributed by atoms with Gasteiger partial charge >= 0.3 is 6.09 Å². The molecular formula is C23H24F4N4O4. The molecule has 8 nitrogen and oxygen atoms in total. The Bertz CT molecular complexity index is 1240. The number of carbonyl (C=O) groups excluding carboxylic acids is 1. The quantitative estimate of drug-likeness (QED) is 0.385. The van der Waals surface area contributed by atoms with Crippen molar-refractivity contribution in [1.82, 2.24) is 20.2 Å². The molecule has 188 valence electrons. The number of pyridine rings is 1. The van der Waals surface area contributed by atoms with Crippen LogP contribution < -0.4 is 15.4 Å². The first-order valence-corrected chi connectivity index (χ1v) is 10.5. The summed E-state index contributed by atoms with van der Waals surface area (Å²) in [5.41, 5.74) is -0.521. The number of nitrogens with zero attached hydrogens (tertiary/aromatic N) is 2. The van der Waals surface area contributed by atoms with Gasteiger partial charge in [0.05, 0.1) is 27.9 Å². The Kier molecular flexibility index (Phi) is 7.51. The van der Waals surface area contributed by atoms with Crippen LogP contribution in [0, 0.1) is 25.5 Å². The first-order valence-electron chi connectivity index (χ1n) is 10.5. The Labute approximate surface area is 197 Å². The second-order valence-electron chi connectivity index (χ2n) is 8.39. The summed E-state index contributed by atoms with van der Waals surface area (Å²) in [4.78, 5) is 24.0. The van der Waals surface area contributed by atoms with Crippen molar-refractivity contribution >= 4 is 17.5 Å². The molecule has 3 N–H and O–H groups in total. The van der Waals surface area contributed by atoms with Crippen LogP contribution in [0.2, 0.25) is 0 Å². The van der Waals surface area contributed by atoms with E-state index in [4.69, 9.17) is 9.84 Å². The molecule has 0 aliphatic heterocycles. The van der Waals surface area contributed by atoms with Gasteiger partial charge in [-0.05, 0) is 44.5 Å². The molecule has 0 radical (unpaired) electrons. The Morgan fingerprint density at radius 1 is 1.20 bits per heavy atom. The lowest BCUT2D eigenvalue weighted by molar-refractivity contribution is 0.0836. The summed E-state index contributed by atoms with van der Waals surface area (Å²) < 4.78 is 60.8. The standard InChI is InChI=1S/C23H24F4N4O4/c1-12-7-17-20(21(32)28-11-23(3,9-18(26)27)29-22(33)34)13(2)30-31(17)19(8-12)35-10-14-15(24)5-4-6-16(14)25/h4-8,18,29H,9-11H2,1-3H3,(H,28,32)(H,33,34). The molecule has 0 spiro atoms. The number of hydrogen-bond acceptors (Lipinski definition) is 4. The predicted octanol–water partition coefficient (Wildman–Crippen LogP) is 4.22. The number of carbonyl (C=O) groups is 2. The molecule has 1 aromatic carbocycles. The maximum atomic E-state index is 14.0. The third-order valence-corrected chi connectivity index (χ3v) is 5.33. The smallest absolute Gasteiger partial charge is 0.405 e. The molecule has 2 aromatic heterocycles. The molecule has 0 fully saturated rings. The Morgan fingerprint density at radius 2 is 1.86 bits per heavy atom. The molecule has 3 rings (SSSR count). The molecule has 2 amide bonds. The molecule has 0 aliphatic carbocycles. The van der Waals surface area contributed by atoms with Crippen LogP contribution in [0.4, 0.5) is 22.4 Å². The lowest BCUT2D eigenvalue weighted by Crippen LogP contribution is -2.54. The number of aryl methyl sites for hydroxylation is 2. The monoisotopic (exact) mass is 496 g/mol. The van der Waals surface area contributed by atoms with Crippen LogP contribution in [-0.4, -0.2) is 45.2 Å². The Morgan fingerprint density at radius 3 is 2.46 bits per heavy atom. The number of alkyl halides is 2. The second-order valence-corrected chi connectivity index (χ2v) is 8.39. The number of amides is 2. The van der Waals surface area contributed by atoms with Crippen molar-refractivity contribution in [2.24, 2.45) is 0 Å². The molecule has 0 saturated carbocycles. The molecule has 0 bridgehead atoms. The van der Waals surface area contributed by atoms with Gasteiger partial charge < -0.3 is 20.5 Å². The highest BCUT2D eigenvalue weighted by Gasteiger charge is 2.32. The highest BCUT2D eigenvalue weighted by Crippen LogP contribution is 2.25. The summed E-state index contributed by atoms with van der Waals surface area (Å²) in [6, 6.07) is 6.67. The molecule has 35 heavy (non-hydrogen) atoms. The van der Waals surface area contributed by atoms with Crippen molar-refractivity contribution in [2.75, 3.05) is 6.54 Å². The van der Waals surface area contributed by atoms with E-state index in [-0.39, 0.29) is 22.7 Å². The summed E-state index contributed by atoms with van der Waals surface area (Å²) in [6.07, 6.45) is -5.11. The largest absolute Gasteiger partial charge is 0.473 e. The number of fused-ring (bicyclic) bond motifs is 1. The number of rotatable bonds is 9. The molecular weight excluding hydrogens is 472 g/mol. The summed E-state index contributed by atoms with van der Waals surface area (Å²) in [6.45, 7) is 3.70. The van der Waals surface area contributed by atoms with Gasteiger partial charge in [0, 0.05) is 19.0 Å². The van der Waals surface area contributed by atoms with Gasteiger partial charge in [0.1, 0.15) is 18.2 Å². The highest BCUT2D eigenvalue weighted by atomic mass is 19.3. The van der Waals surface area contributed by atoms with Crippen LogP contribution in [0.3, 0.4) is 0 Å². The van der Waals surface area contributed by atoms with E-state index in [1.54, 1.807) is 26.0 Å². The van der Waals surface area contributed by atoms with Crippen molar-refractivity contribution in [3.63, 3.8) is 0 Å². The van der Waals surface area contributed by atoms with E-state index in [2.05, 4.69) is 10.4 Å². The topological polar surface area (TPSA) is 105 Å². The van der Waals surface area contributed by atoms with Crippen LogP contribution in [0.5, 0.6) is 5.88 Å². The van der Waals surface area contributed by atoms with Gasteiger partial charge in [-0.25, -0.2) is 22.4 Å². The summed E-state index contributed by atoms with van der Waals surface area (Å²) in [7, 11) is 0. The summed E-state index contributed by atoms with van der Waals surface area (Å²) in [5, 5.41) is 17.8. The maximum absolute atomic E-state index is 14.0. The van der Waals surface area contributed by atoms with E-state index in [0.29, 0.717) is 11.1 Å². The van der Waals surface area contributed by atoms with Gasteiger partial charge in [0.15, 0.2) is 0 Å². The number of benzene rings is 1. The highest BCUT2D eigenvalue weighted by molar-refractivity contribution is 6.02. The van der Waals surface area contributed by atoms with E-state index in [0.717, 1.165) is 12.1 Å². The lowest BCUT2D eigenvalue weighted by atomic mass is 9.98. The predicted molar refractivity (Wildman–Crippen MR) is 118 cm³/mol. The van der Waals surface area contributed by atoms with Gasteiger partial charge in [-0.3, -0.25) is 4.79 Å². The van der Waals surface area contributed by atoms with E-state index in [1.165, 1.54) is 17.5 Å². The van der Waals surface area contributed by atoms with E-state index >= 15 is 0 Å². The lowest BCUT2D eigenvalue weighted by Gasteiger charge is -2.29. The minimum atomic E-state index is -2.80. The van der Waals surface area contributed by atoms with E-state index in [9.17, 15) is 27.2 Å². The molecule has 2 heterocycles. The molecule has 3 aromatic rings. The van der Waals surface area contributed by atoms with Gasteiger partial charge in [0.25, 0.3) is 5.91 Å². The summed E-state index contributed by atoms with van der Waals surface area (Å²) >= 11 is 0. The van der Waals surface area contributed by atoms with Crippen molar-refractivity contribution in [3.05, 3.63) is 64.4 Å². The van der Waals surface area contributed by atoms with Crippen molar-refractivity contribution in [1.29, 1.82) is 0 Å². The molecule has 0 aliphatic rings. The number of nitrogens with one attached hydrogen (secondary N) is 2. The fraction of sp³-hybridized carbons (Fsp3) is 0.348. The average Bonchev–Trinajstić information content (AvgIpc) is 3.06. The molecule has 1 atom stereocenters. The van der Waals surface area contributed by atoms with Crippen molar-refractivity contribution in [3.8, 4) is 5.88 Å². The zero-order valence-corrected chi connectivity index (χ0v) is 19.2. The van der Waals surface area contributed by atoms with Crippen LogP contribution in [0.15, 0.2) is 30.3 Å². The first-order chi connectivity index (χ1) is 16.4. The van der Waals surface area contributed by atoms with Gasteiger partial charge in [-0.15, -0.1) is 0 Å². The van der Waals surface area contributed by atoms with Crippen LogP contribution in [0.1, 0.15) is 40.5 Å². The van der Waals surface area contributed by atoms with Crippen LogP contribution in [0.25, 0.3) is 5.52 Å². The maximum Gasteiger partial charge on any atom is 0.405 e. The van der Waals surface area contributed by atoms with Gasteiger partial charge in [-0.1, -0.05) is 6.07 Å². The number of ether oxygens (including phenoxy) is 1. The second kappa shape index (κ2) is 10.2. The minimum Gasteiger partial charge on any atom is -0.473 e. The fourth-order valence-corrected chi connectivity index (χ4v) is 3.69. The van der Waals surface area contributed by atoms with Crippen molar-refractivity contribution < 1.29 is 37.0 Å². The third kappa shape index (κ3) is 6.00. The van der Waals surface area contributed by atoms with E-state index in [1.807, 2.05) is 5.32 Å². The van der Waals surface area contributed by atoms with Crippen LogP contribution >= 0.6 is 0 Å². The third-order valence-electron chi connectivity index (χ3n) is 5.33.